The minimum Gasteiger partial charge on any atom is -0.396 e. The summed E-state index contributed by atoms with van der Waals surface area (Å²) in [4.78, 5) is 13.7. The summed E-state index contributed by atoms with van der Waals surface area (Å²) in [5, 5.41) is 22.7. The molecular weight excluding hydrogens is 270 g/mol. The number of hydrogen-bond acceptors (Lipinski definition) is 5. The number of carbonyl (C=O) groups excluding carboxylic acids is 1. The van der Waals surface area contributed by atoms with Crippen LogP contribution in [0.1, 0.15) is 19.4 Å². The summed E-state index contributed by atoms with van der Waals surface area (Å²) in [6, 6.07) is 7.62. The number of hydrazone groups is 1. The molecule has 0 saturated heterocycles. The van der Waals surface area contributed by atoms with Gasteiger partial charge in [-0.1, -0.05) is 26.0 Å². The van der Waals surface area contributed by atoms with E-state index in [0.29, 0.717) is 0 Å². The van der Waals surface area contributed by atoms with Crippen LogP contribution in [0.3, 0.4) is 0 Å². The summed E-state index contributed by atoms with van der Waals surface area (Å²) in [7, 11) is 3.90. The predicted molar refractivity (Wildman–Crippen MR) is 83.4 cm³/mol. The number of amides is 1. The summed E-state index contributed by atoms with van der Waals surface area (Å²) in [6.07, 6.45) is 0.173. The predicted octanol–water partition coefficient (Wildman–Crippen LogP) is 0.582. The van der Waals surface area contributed by atoms with Crippen LogP contribution in [0, 0.1) is 5.41 Å². The van der Waals surface area contributed by atoms with E-state index in [-0.39, 0.29) is 6.61 Å². The van der Waals surface area contributed by atoms with E-state index in [1.54, 1.807) is 13.8 Å². The van der Waals surface area contributed by atoms with Crippen LogP contribution in [0.2, 0.25) is 0 Å². The number of anilines is 1. The molecule has 1 atom stereocenters. The van der Waals surface area contributed by atoms with Gasteiger partial charge in [0.05, 0.1) is 12.8 Å². The zero-order chi connectivity index (χ0) is 16.0. The zero-order valence-corrected chi connectivity index (χ0v) is 12.9. The Morgan fingerprint density at radius 2 is 1.95 bits per heavy atom. The van der Waals surface area contributed by atoms with Crippen molar-refractivity contribution in [1.82, 2.24) is 5.43 Å². The van der Waals surface area contributed by atoms with Gasteiger partial charge in [-0.3, -0.25) is 4.79 Å². The first-order valence-corrected chi connectivity index (χ1v) is 6.67. The molecule has 1 amide bonds. The molecule has 0 heterocycles. The van der Waals surface area contributed by atoms with Gasteiger partial charge in [0.2, 0.25) is 0 Å². The van der Waals surface area contributed by atoms with Gasteiger partial charge in [-0.2, -0.15) is 5.10 Å². The Labute approximate surface area is 125 Å². The lowest BCUT2D eigenvalue weighted by molar-refractivity contribution is -0.137. The molecule has 6 nitrogen and oxygen atoms in total. The molecule has 1 unspecified atom stereocenters. The van der Waals surface area contributed by atoms with E-state index in [4.69, 9.17) is 5.11 Å². The second-order valence-electron chi connectivity index (χ2n) is 5.77. The SMILES string of the molecule is CN(C)c1ccc(/C=N\NC(=O)C(O)C(C)(C)CO)cc1. The van der Waals surface area contributed by atoms with Gasteiger partial charge in [0.1, 0.15) is 6.10 Å². The van der Waals surface area contributed by atoms with Crippen molar-refractivity contribution in [3.05, 3.63) is 29.8 Å². The number of benzene rings is 1. The van der Waals surface area contributed by atoms with E-state index in [2.05, 4.69) is 10.5 Å². The summed E-state index contributed by atoms with van der Waals surface area (Å²) in [5.74, 6) is -0.643. The minimum atomic E-state index is -1.32. The van der Waals surface area contributed by atoms with Gasteiger partial charge in [0.15, 0.2) is 0 Å². The van der Waals surface area contributed by atoms with E-state index >= 15 is 0 Å². The van der Waals surface area contributed by atoms with Gasteiger partial charge in [-0.05, 0) is 17.7 Å². The third-order valence-corrected chi connectivity index (χ3v) is 3.19. The van der Waals surface area contributed by atoms with E-state index in [1.807, 2.05) is 43.3 Å². The van der Waals surface area contributed by atoms with Crippen molar-refractivity contribution >= 4 is 17.8 Å². The number of hydrogen-bond donors (Lipinski definition) is 3. The third-order valence-electron chi connectivity index (χ3n) is 3.19. The number of rotatable bonds is 6. The summed E-state index contributed by atoms with van der Waals surface area (Å²) < 4.78 is 0. The first-order valence-electron chi connectivity index (χ1n) is 6.67. The van der Waals surface area contributed by atoms with Gasteiger partial charge in [-0.25, -0.2) is 5.43 Å². The Balaban J connectivity index is 2.60. The van der Waals surface area contributed by atoms with Gasteiger partial charge < -0.3 is 15.1 Å². The molecule has 21 heavy (non-hydrogen) atoms. The summed E-state index contributed by atoms with van der Waals surface area (Å²) in [5.41, 5.74) is 3.25. The van der Waals surface area contributed by atoms with Gasteiger partial charge in [0.25, 0.3) is 5.91 Å². The van der Waals surface area contributed by atoms with Crippen LogP contribution in [0.25, 0.3) is 0 Å². The van der Waals surface area contributed by atoms with Crippen LogP contribution in [0.15, 0.2) is 29.4 Å². The molecule has 3 N–H and O–H groups in total. The van der Waals surface area contributed by atoms with E-state index in [9.17, 15) is 9.90 Å². The lowest BCUT2D eigenvalue weighted by Crippen LogP contribution is -2.44. The maximum Gasteiger partial charge on any atom is 0.269 e. The maximum absolute atomic E-state index is 11.7. The molecule has 0 aliphatic carbocycles. The van der Waals surface area contributed by atoms with Crippen molar-refractivity contribution in [2.75, 3.05) is 25.6 Å². The molecule has 1 aromatic carbocycles. The molecule has 1 aromatic rings. The number of nitrogens with zero attached hydrogens (tertiary/aromatic N) is 2. The second kappa shape index (κ2) is 7.19. The number of aliphatic hydroxyl groups excluding tert-OH is 2. The molecule has 0 aromatic heterocycles. The van der Waals surface area contributed by atoms with Crippen LogP contribution in [0.5, 0.6) is 0 Å². The van der Waals surface area contributed by atoms with Gasteiger partial charge >= 0.3 is 0 Å². The second-order valence-corrected chi connectivity index (χ2v) is 5.77. The number of aliphatic hydroxyl groups is 2. The normalized spacial score (nSPS) is 13.2. The summed E-state index contributed by atoms with van der Waals surface area (Å²) >= 11 is 0. The van der Waals surface area contributed by atoms with Crippen LogP contribution < -0.4 is 10.3 Å². The molecule has 0 saturated carbocycles. The van der Waals surface area contributed by atoms with Gasteiger partial charge in [-0.15, -0.1) is 0 Å². The standard InChI is InChI=1S/C15H23N3O3/c1-15(2,10-19)13(20)14(21)17-16-9-11-5-7-12(8-6-11)18(3)4/h5-9,13,19-20H,10H2,1-4H3,(H,17,21)/b16-9-. The van der Waals surface area contributed by atoms with Crippen LogP contribution in [-0.4, -0.2) is 49.1 Å². The molecule has 0 fully saturated rings. The Morgan fingerprint density at radius 3 is 2.43 bits per heavy atom. The Hall–Kier alpha value is -1.92. The van der Waals surface area contributed by atoms with Crippen LogP contribution in [-0.2, 0) is 4.79 Å². The van der Waals surface area contributed by atoms with Crippen molar-refractivity contribution in [2.24, 2.45) is 10.5 Å². The fourth-order valence-electron chi connectivity index (χ4n) is 1.53. The number of carbonyl (C=O) groups is 1. The van der Waals surface area contributed by atoms with Crippen molar-refractivity contribution < 1.29 is 15.0 Å². The Bertz CT molecular complexity index is 495. The first-order chi connectivity index (χ1) is 9.77. The highest BCUT2D eigenvalue weighted by Gasteiger charge is 2.32. The highest BCUT2D eigenvalue weighted by atomic mass is 16.3. The highest BCUT2D eigenvalue weighted by Crippen LogP contribution is 2.19. The molecule has 0 aliphatic heterocycles. The average Bonchev–Trinajstić information content (AvgIpc) is 2.46. The molecule has 1 rings (SSSR count). The Morgan fingerprint density at radius 1 is 1.38 bits per heavy atom. The van der Waals surface area contributed by atoms with Crippen molar-refractivity contribution in [3.8, 4) is 0 Å². The van der Waals surface area contributed by atoms with Crippen LogP contribution >= 0.6 is 0 Å². The highest BCUT2D eigenvalue weighted by molar-refractivity contribution is 5.85. The lowest BCUT2D eigenvalue weighted by atomic mass is 9.87. The van der Waals surface area contributed by atoms with Crippen LogP contribution in [0.4, 0.5) is 5.69 Å². The fourth-order valence-corrected chi connectivity index (χ4v) is 1.53. The third kappa shape index (κ3) is 4.84. The van der Waals surface area contributed by atoms with Crippen molar-refractivity contribution in [1.29, 1.82) is 0 Å². The topological polar surface area (TPSA) is 85.2 Å². The fraction of sp³-hybridized carbons (Fsp3) is 0.467. The molecule has 0 bridgehead atoms. The molecular formula is C15H23N3O3. The molecule has 0 aliphatic rings. The maximum atomic E-state index is 11.7. The monoisotopic (exact) mass is 293 g/mol. The smallest absolute Gasteiger partial charge is 0.269 e. The first kappa shape index (κ1) is 17.1. The lowest BCUT2D eigenvalue weighted by Gasteiger charge is -2.26. The van der Waals surface area contributed by atoms with E-state index in [1.165, 1.54) is 6.21 Å². The quantitative estimate of drug-likeness (QED) is 0.529. The van der Waals surface area contributed by atoms with E-state index in [0.717, 1.165) is 11.3 Å². The van der Waals surface area contributed by atoms with Crippen molar-refractivity contribution in [2.45, 2.75) is 20.0 Å². The van der Waals surface area contributed by atoms with Gasteiger partial charge in [0, 0.05) is 25.2 Å². The minimum absolute atomic E-state index is 0.294. The molecule has 116 valence electrons. The largest absolute Gasteiger partial charge is 0.396 e. The molecule has 6 heteroatoms. The Kier molecular flexibility index (Phi) is 5.87. The number of nitrogens with one attached hydrogen (secondary N) is 1. The molecule has 0 radical (unpaired) electrons. The average molecular weight is 293 g/mol. The molecule has 0 spiro atoms. The zero-order valence-electron chi connectivity index (χ0n) is 12.9. The summed E-state index contributed by atoms with van der Waals surface area (Å²) in [6.45, 7) is 2.90. The van der Waals surface area contributed by atoms with Crippen molar-refractivity contribution in [3.63, 3.8) is 0 Å². The van der Waals surface area contributed by atoms with E-state index < -0.39 is 17.4 Å².